The lowest BCUT2D eigenvalue weighted by Gasteiger charge is -2.16. The second kappa shape index (κ2) is 8.33. The van der Waals surface area contributed by atoms with E-state index in [1.807, 2.05) is 0 Å². The number of nitrogens with one attached hydrogen (secondary N) is 3. The van der Waals surface area contributed by atoms with Gasteiger partial charge < -0.3 is 36.6 Å². The van der Waals surface area contributed by atoms with Crippen LogP contribution in [0.2, 0.25) is 0 Å². The van der Waals surface area contributed by atoms with Crippen LogP contribution in [-0.2, 0) is 20.9 Å². The van der Waals surface area contributed by atoms with Gasteiger partial charge in [0.05, 0.1) is 12.9 Å². The number of rotatable bonds is 5. The molecule has 4 atom stereocenters. The zero-order valence-corrected chi connectivity index (χ0v) is 17.5. The average molecular weight is 468 g/mol. The van der Waals surface area contributed by atoms with Crippen LogP contribution >= 0.6 is 0 Å². The highest BCUT2D eigenvalue weighted by molar-refractivity contribution is 6.02. The number of aliphatic hydroxyl groups excluding tert-OH is 2. The molecule has 4 unspecified atom stereocenters. The van der Waals surface area contributed by atoms with Gasteiger partial charge in [-0.25, -0.2) is 15.0 Å². The third kappa shape index (κ3) is 3.59. The fourth-order valence-corrected chi connectivity index (χ4v) is 4.00. The van der Waals surface area contributed by atoms with E-state index in [1.165, 1.54) is 17.2 Å². The van der Waals surface area contributed by atoms with Crippen molar-refractivity contribution in [2.75, 3.05) is 17.6 Å². The fourth-order valence-electron chi connectivity index (χ4n) is 4.00. The molecular formula is C20H20N8O6. The fraction of sp³-hybridized carbons (Fsp3) is 0.300. The highest BCUT2D eigenvalue weighted by Crippen LogP contribution is 2.32. The Kier molecular flexibility index (Phi) is 5.31. The molecule has 0 spiro atoms. The number of aromatic nitrogens is 4. The molecule has 1 aromatic carbocycles. The van der Waals surface area contributed by atoms with Crippen LogP contribution in [0.15, 0.2) is 30.9 Å². The summed E-state index contributed by atoms with van der Waals surface area (Å²) in [7, 11) is 0. The first-order chi connectivity index (χ1) is 16.3. The Balaban J connectivity index is 1.23. The van der Waals surface area contributed by atoms with E-state index in [-0.39, 0.29) is 29.4 Å². The molecule has 3 aromatic rings. The lowest BCUT2D eigenvalue weighted by Crippen LogP contribution is -2.45. The monoisotopic (exact) mass is 468 g/mol. The van der Waals surface area contributed by atoms with E-state index in [0.29, 0.717) is 16.8 Å². The number of nitrogens with two attached hydrogens (primary N) is 1. The molecule has 1 saturated heterocycles. The number of ether oxygens (including phenoxy) is 1. The molecule has 7 N–H and O–H groups in total. The van der Waals surface area contributed by atoms with Crippen molar-refractivity contribution in [2.24, 2.45) is 0 Å². The number of imidazole rings is 1. The summed E-state index contributed by atoms with van der Waals surface area (Å²) in [6.07, 6.45) is -3.15. The van der Waals surface area contributed by atoms with Crippen LogP contribution in [0.4, 0.5) is 11.5 Å². The minimum Gasteiger partial charge on any atom is -0.387 e. The smallest absolute Gasteiger partial charge is 0.252 e. The van der Waals surface area contributed by atoms with Crippen LogP contribution < -0.4 is 21.7 Å². The Morgan fingerprint density at radius 3 is 2.88 bits per heavy atom. The molecule has 4 heterocycles. The highest BCUT2D eigenvalue weighted by Gasteiger charge is 2.47. The number of carbonyl (C=O) groups is 3. The molecule has 5 rings (SSSR count). The van der Waals surface area contributed by atoms with Crippen molar-refractivity contribution in [3.05, 3.63) is 42.0 Å². The zero-order valence-electron chi connectivity index (χ0n) is 17.5. The summed E-state index contributed by atoms with van der Waals surface area (Å²) in [4.78, 5) is 48.7. The molecule has 2 aliphatic rings. The lowest BCUT2D eigenvalue weighted by molar-refractivity contribution is -0.138. The summed E-state index contributed by atoms with van der Waals surface area (Å²) >= 11 is 0. The van der Waals surface area contributed by atoms with Gasteiger partial charge in [-0.3, -0.25) is 19.0 Å². The summed E-state index contributed by atoms with van der Waals surface area (Å²) in [6, 6.07) is 4.94. The van der Waals surface area contributed by atoms with Crippen LogP contribution in [0.1, 0.15) is 22.1 Å². The van der Waals surface area contributed by atoms with Gasteiger partial charge in [0, 0.05) is 23.4 Å². The molecule has 0 radical (unpaired) electrons. The van der Waals surface area contributed by atoms with E-state index in [4.69, 9.17) is 10.5 Å². The van der Waals surface area contributed by atoms with E-state index in [0.717, 1.165) is 0 Å². The number of anilines is 2. The standard InChI is InChI=1S/C20H20N8O6/c21-16-12-17(25-6-24-16)28(7-26-12)20-14(31)13(30)15(34-20)19(33)23-5-11(29)27-10-3-1-2-8-9(10)4-22-18(8)32/h1-3,6-7,13-15,20,30-31H,4-5H2,(H,22,32)(H,23,33)(H,27,29)(H2,21,24,25). The third-order valence-corrected chi connectivity index (χ3v) is 5.70. The van der Waals surface area contributed by atoms with E-state index in [1.54, 1.807) is 18.2 Å². The number of nitrogen functional groups attached to an aromatic ring is 1. The summed E-state index contributed by atoms with van der Waals surface area (Å²) in [6.45, 7) is -0.132. The largest absolute Gasteiger partial charge is 0.387 e. The number of aliphatic hydroxyl groups is 2. The molecular weight excluding hydrogens is 448 g/mol. The number of amides is 3. The van der Waals surface area contributed by atoms with Crippen molar-refractivity contribution in [2.45, 2.75) is 31.1 Å². The maximum absolute atomic E-state index is 12.6. The van der Waals surface area contributed by atoms with Crippen molar-refractivity contribution < 1.29 is 29.3 Å². The molecule has 3 amide bonds. The minimum atomic E-state index is -1.57. The number of fused-ring (bicyclic) bond motifs is 2. The van der Waals surface area contributed by atoms with Gasteiger partial charge in [-0.1, -0.05) is 6.07 Å². The van der Waals surface area contributed by atoms with E-state index >= 15 is 0 Å². The summed E-state index contributed by atoms with van der Waals surface area (Å²) in [5.74, 6) is -1.43. The van der Waals surface area contributed by atoms with Crippen LogP contribution in [0.25, 0.3) is 11.2 Å². The number of benzene rings is 1. The normalized spacial score (nSPS) is 23.5. The molecule has 0 bridgehead atoms. The van der Waals surface area contributed by atoms with Crippen molar-refractivity contribution in [3.8, 4) is 0 Å². The maximum atomic E-state index is 12.6. The molecule has 34 heavy (non-hydrogen) atoms. The van der Waals surface area contributed by atoms with E-state index < -0.39 is 42.9 Å². The Morgan fingerprint density at radius 2 is 2.06 bits per heavy atom. The molecule has 0 saturated carbocycles. The topological polar surface area (TPSA) is 207 Å². The Hall–Kier alpha value is -4.14. The lowest BCUT2D eigenvalue weighted by atomic mass is 10.1. The van der Waals surface area contributed by atoms with Gasteiger partial charge >= 0.3 is 0 Å². The first-order valence-corrected chi connectivity index (χ1v) is 10.3. The minimum absolute atomic E-state index is 0.126. The van der Waals surface area contributed by atoms with Gasteiger partial charge in [0.2, 0.25) is 5.91 Å². The van der Waals surface area contributed by atoms with Gasteiger partial charge in [-0.05, 0) is 12.1 Å². The van der Waals surface area contributed by atoms with Gasteiger partial charge in [0.1, 0.15) is 24.1 Å². The molecule has 2 aromatic heterocycles. The first-order valence-electron chi connectivity index (χ1n) is 10.3. The summed E-state index contributed by atoms with van der Waals surface area (Å²) < 4.78 is 6.94. The Labute approximate surface area is 191 Å². The van der Waals surface area contributed by atoms with Crippen LogP contribution in [0.3, 0.4) is 0 Å². The van der Waals surface area contributed by atoms with Crippen molar-refractivity contribution in [3.63, 3.8) is 0 Å². The first kappa shape index (κ1) is 21.7. The van der Waals surface area contributed by atoms with Crippen LogP contribution in [0.5, 0.6) is 0 Å². The highest BCUT2D eigenvalue weighted by atomic mass is 16.6. The van der Waals surface area contributed by atoms with E-state index in [2.05, 4.69) is 30.9 Å². The molecule has 1 fully saturated rings. The van der Waals surface area contributed by atoms with Gasteiger partial charge in [0.25, 0.3) is 11.8 Å². The van der Waals surface area contributed by atoms with Crippen molar-refractivity contribution >= 4 is 40.4 Å². The maximum Gasteiger partial charge on any atom is 0.252 e. The van der Waals surface area contributed by atoms with Crippen LogP contribution in [-0.4, -0.2) is 72.3 Å². The predicted molar refractivity (Wildman–Crippen MR) is 115 cm³/mol. The zero-order chi connectivity index (χ0) is 24.0. The molecule has 0 aliphatic carbocycles. The summed E-state index contributed by atoms with van der Waals surface area (Å²) in [5, 5.41) is 28.6. The van der Waals surface area contributed by atoms with Crippen molar-refractivity contribution in [1.29, 1.82) is 0 Å². The van der Waals surface area contributed by atoms with Gasteiger partial charge in [-0.15, -0.1) is 0 Å². The second-order valence-electron chi connectivity index (χ2n) is 7.79. The predicted octanol–water partition coefficient (Wildman–Crippen LogP) is -1.97. The molecule has 14 heteroatoms. The second-order valence-corrected chi connectivity index (χ2v) is 7.79. The van der Waals surface area contributed by atoms with Gasteiger partial charge in [-0.2, -0.15) is 0 Å². The summed E-state index contributed by atoms with van der Waals surface area (Å²) in [5.41, 5.74) is 7.89. The number of nitrogens with zero attached hydrogens (tertiary/aromatic N) is 4. The quantitative estimate of drug-likeness (QED) is 0.243. The molecule has 176 valence electrons. The Morgan fingerprint density at radius 1 is 1.24 bits per heavy atom. The Bertz CT molecular complexity index is 1310. The number of hydrogen-bond donors (Lipinski definition) is 6. The molecule has 2 aliphatic heterocycles. The molecule has 14 nitrogen and oxygen atoms in total. The van der Waals surface area contributed by atoms with Crippen LogP contribution in [0, 0.1) is 0 Å². The van der Waals surface area contributed by atoms with E-state index in [9.17, 15) is 24.6 Å². The SMILES string of the molecule is Nc1ncnc2c1ncn2C1OC(C(=O)NCC(=O)Nc2cccc3c2CNC3=O)C(O)C1O. The van der Waals surface area contributed by atoms with Gasteiger partial charge in [0.15, 0.2) is 23.8 Å². The number of hydrogen-bond acceptors (Lipinski definition) is 10. The average Bonchev–Trinajstić information content (AvgIpc) is 3.50. The number of carbonyl (C=O) groups excluding carboxylic acids is 3. The third-order valence-electron chi connectivity index (χ3n) is 5.70. The van der Waals surface area contributed by atoms with Crippen molar-refractivity contribution in [1.82, 2.24) is 30.2 Å².